The summed E-state index contributed by atoms with van der Waals surface area (Å²) in [4.78, 5) is 26.9. The van der Waals surface area contributed by atoms with Crippen molar-refractivity contribution in [2.24, 2.45) is 0 Å². The van der Waals surface area contributed by atoms with E-state index in [0.717, 1.165) is 0 Å². The molecule has 1 heterocycles. The van der Waals surface area contributed by atoms with Gasteiger partial charge in [0.2, 0.25) is 0 Å². The monoisotopic (exact) mass is 329 g/mol. The van der Waals surface area contributed by atoms with E-state index in [0.29, 0.717) is 41.2 Å². The summed E-state index contributed by atoms with van der Waals surface area (Å²) in [5.74, 6) is -0.440. The third-order valence-corrected chi connectivity index (χ3v) is 4.21. The van der Waals surface area contributed by atoms with Crippen molar-refractivity contribution in [3.05, 3.63) is 70.2 Å². The Morgan fingerprint density at radius 3 is 2.30 bits per heavy atom. The number of halogens is 1. The molecule has 1 amide bonds. The number of β-amino-alcohol motifs (C(OH)–C–C–N with tert-alkyl or cyclic N) is 1. The van der Waals surface area contributed by atoms with Gasteiger partial charge < -0.3 is 10.0 Å². The molecule has 4 nitrogen and oxygen atoms in total. The fourth-order valence-corrected chi connectivity index (χ4v) is 2.85. The zero-order valence-corrected chi connectivity index (χ0v) is 13.2. The molecule has 0 unspecified atom stereocenters. The minimum Gasteiger partial charge on any atom is -0.391 e. The highest BCUT2D eigenvalue weighted by atomic mass is 35.5. The fraction of sp³-hybridized carbons (Fsp3) is 0.222. The highest BCUT2D eigenvalue weighted by Gasteiger charge is 2.28. The largest absolute Gasteiger partial charge is 0.391 e. The van der Waals surface area contributed by atoms with Gasteiger partial charge in [0.05, 0.1) is 11.7 Å². The van der Waals surface area contributed by atoms with Crippen molar-refractivity contribution in [1.82, 2.24) is 4.90 Å². The molecule has 2 aromatic rings. The van der Waals surface area contributed by atoms with Crippen LogP contribution in [0.1, 0.15) is 32.7 Å². The topological polar surface area (TPSA) is 57.6 Å². The van der Waals surface area contributed by atoms with Gasteiger partial charge in [-0.15, -0.1) is 0 Å². The average Bonchev–Trinajstić information content (AvgIpc) is 3.01. The van der Waals surface area contributed by atoms with E-state index >= 15 is 0 Å². The van der Waals surface area contributed by atoms with Crippen LogP contribution >= 0.6 is 11.6 Å². The molecule has 1 saturated heterocycles. The molecule has 1 atom stereocenters. The van der Waals surface area contributed by atoms with Crippen LogP contribution in [0.4, 0.5) is 0 Å². The first-order valence-electron chi connectivity index (χ1n) is 7.43. The normalized spacial score (nSPS) is 17.3. The molecule has 1 aliphatic rings. The molecule has 0 radical (unpaired) electrons. The second-order valence-electron chi connectivity index (χ2n) is 5.58. The lowest BCUT2D eigenvalue weighted by Gasteiger charge is -2.17. The molecular weight excluding hydrogens is 314 g/mol. The van der Waals surface area contributed by atoms with Crippen LogP contribution in [0, 0.1) is 0 Å². The average molecular weight is 330 g/mol. The van der Waals surface area contributed by atoms with E-state index in [2.05, 4.69) is 0 Å². The lowest BCUT2D eigenvalue weighted by atomic mass is 9.97. The number of rotatable bonds is 3. The van der Waals surface area contributed by atoms with E-state index < -0.39 is 6.10 Å². The van der Waals surface area contributed by atoms with Crippen LogP contribution in [-0.4, -0.2) is 40.9 Å². The Bertz CT molecular complexity index is 742. The molecule has 0 spiro atoms. The molecule has 1 N–H and O–H groups in total. The summed E-state index contributed by atoms with van der Waals surface area (Å²) in [6.45, 7) is 0.811. The van der Waals surface area contributed by atoms with E-state index in [1.165, 1.54) is 0 Å². The zero-order chi connectivity index (χ0) is 16.4. The molecule has 3 rings (SSSR count). The lowest BCUT2D eigenvalue weighted by molar-refractivity contribution is 0.0761. The highest BCUT2D eigenvalue weighted by molar-refractivity contribution is 6.30. The Labute approximate surface area is 139 Å². The van der Waals surface area contributed by atoms with Gasteiger partial charge in [0.15, 0.2) is 5.78 Å². The molecule has 23 heavy (non-hydrogen) atoms. The van der Waals surface area contributed by atoms with E-state index in [1.807, 2.05) is 0 Å². The number of aliphatic hydroxyl groups excluding tert-OH is 1. The van der Waals surface area contributed by atoms with Crippen molar-refractivity contribution >= 4 is 23.3 Å². The van der Waals surface area contributed by atoms with Gasteiger partial charge in [-0.25, -0.2) is 0 Å². The van der Waals surface area contributed by atoms with E-state index in [1.54, 1.807) is 53.4 Å². The van der Waals surface area contributed by atoms with Crippen LogP contribution < -0.4 is 0 Å². The predicted octanol–water partition coefficient (Wildman–Crippen LogP) is 2.78. The molecule has 118 valence electrons. The van der Waals surface area contributed by atoms with Gasteiger partial charge in [0.25, 0.3) is 5.91 Å². The van der Waals surface area contributed by atoms with Crippen molar-refractivity contribution in [3.63, 3.8) is 0 Å². The van der Waals surface area contributed by atoms with Gasteiger partial charge in [-0.05, 0) is 36.8 Å². The maximum absolute atomic E-state index is 12.7. The lowest BCUT2D eigenvalue weighted by Crippen LogP contribution is -2.30. The number of carbonyl (C=O) groups is 2. The molecular formula is C18H16ClNO3. The van der Waals surface area contributed by atoms with Gasteiger partial charge in [0, 0.05) is 29.2 Å². The zero-order valence-electron chi connectivity index (χ0n) is 12.4. The fourth-order valence-electron chi connectivity index (χ4n) is 2.72. The van der Waals surface area contributed by atoms with Crippen LogP contribution in [-0.2, 0) is 0 Å². The van der Waals surface area contributed by atoms with Crippen molar-refractivity contribution < 1.29 is 14.7 Å². The summed E-state index contributed by atoms with van der Waals surface area (Å²) in [5, 5.41) is 10.2. The van der Waals surface area contributed by atoms with Gasteiger partial charge in [-0.3, -0.25) is 9.59 Å². The van der Waals surface area contributed by atoms with Gasteiger partial charge >= 0.3 is 0 Å². The molecule has 0 aliphatic carbocycles. The highest BCUT2D eigenvalue weighted by Crippen LogP contribution is 2.20. The molecule has 0 aromatic heterocycles. The van der Waals surface area contributed by atoms with Crippen LogP contribution in [0.25, 0.3) is 0 Å². The Hall–Kier alpha value is -2.17. The Kier molecular flexibility index (Phi) is 4.46. The number of amides is 1. The summed E-state index contributed by atoms with van der Waals surface area (Å²) in [6, 6.07) is 13.4. The second kappa shape index (κ2) is 6.52. The number of benzene rings is 2. The van der Waals surface area contributed by atoms with Crippen molar-refractivity contribution in [2.45, 2.75) is 12.5 Å². The van der Waals surface area contributed by atoms with Gasteiger partial charge in [-0.2, -0.15) is 0 Å². The van der Waals surface area contributed by atoms with Gasteiger partial charge in [-0.1, -0.05) is 29.8 Å². The number of ketones is 1. The van der Waals surface area contributed by atoms with Crippen LogP contribution in [0.5, 0.6) is 0 Å². The summed E-state index contributed by atoms with van der Waals surface area (Å²) in [5.41, 5.74) is 1.21. The number of likely N-dealkylation sites (tertiary alicyclic amines) is 1. The van der Waals surface area contributed by atoms with Crippen molar-refractivity contribution in [1.29, 1.82) is 0 Å². The van der Waals surface area contributed by atoms with Crippen LogP contribution in [0.3, 0.4) is 0 Å². The number of carbonyl (C=O) groups excluding carboxylic acids is 2. The van der Waals surface area contributed by atoms with Crippen molar-refractivity contribution in [3.8, 4) is 0 Å². The standard InChI is InChI=1S/C18H16ClNO3/c19-13-7-5-12(6-8-13)17(22)15-3-1-2-4-16(15)18(23)20-10-9-14(21)11-20/h1-8,14,21H,9-11H2/t14-/m1/s1. The quantitative estimate of drug-likeness (QED) is 0.881. The third kappa shape index (κ3) is 3.28. The molecule has 5 heteroatoms. The van der Waals surface area contributed by atoms with Gasteiger partial charge in [0.1, 0.15) is 0 Å². The van der Waals surface area contributed by atoms with Crippen molar-refractivity contribution in [2.75, 3.05) is 13.1 Å². The first-order valence-corrected chi connectivity index (χ1v) is 7.80. The van der Waals surface area contributed by atoms with E-state index in [9.17, 15) is 14.7 Å². The predicted molar refractivity (Wildman–Crippen MR) is 87.9 cm³/mol. The summed E-state index contributed by atoms with van der Waals surface area (Å²) in [6.07, 6.45) is 0.0806. The second-order valence-corrected chi connectivity index (χ2v) is 6.01. The number of hydrogen-bond donors (Lipinski definition) is 1. The Morgan fingerprint density at radius 2 is 1.70 bits per heavy atom. The minimum atomic E-state index is -0.488. The molecule has 1 fully saturated rings. The number of hydrogen-bond acceptors (Lipinski definition) is 3. The molecule has 2 aromatic carbocycles. The first kappa shape index (κ1) is 15.7. The molecule has 1 aliphatic heterocycles. The van der Waals surface area contributed by atoms with Crippen LogP contribution in [0.15, 0.2) is 48.5 Å². The summed E-state index contributed by atoms with van der Waals surface area (Å²) < 4.78 is 0. The van der Waals surface area contributed by atoms with E-state index in [-0.39, 0.29) is 11.7 Å². The third-order valence-electron chi connectivity index (χ3n) is 3.96. The maximum Gasteiger partial charge on any atom is 0.254 e. The minimum absolute atomic E-state index is 0.217. The Balaban J connectivity index is 1.93. The SMILES string of the molecule is O=C(c1ccc(Cl)cc1)c1ccccc1C(=O)N1CC[C@@H](O)C1. The number of nitrogens with zero attached hydrogens (tertiary/aromatic N) is 1. The first-order chi connectivity index (χ1) is 11.1. The smallest absolute Gasteiger partial charge is 0.254 e. The molecule has 0 saturated carbocycles. The number of aliphatic hydroxyl groups is 1. The Morgan fingerprint density at radius 1 is 1.04 bits per heavy atom. The summed E-state index contributed by atoms with van der Waals surface area (Å²) >= 11 is 5.85. The summed E-state index contributed by atoms with van der Waals surface area (Å²) in [7, 11) is 0. The van der Waals surface area contributed by atoms with Crippen LogP contribution in [0.2, 0.25) is 5.02 Å². The molecule has 0 bridgehead atoms. The van der Waals surface area contributed by atoms with E-state index in [4.69, 9.17) is 11.6 Å². The maximum atomic E-state index is 12.7.